The zero-order valence-electron chi connectivity index (χ0n) is 19.5. The molecule has 4 aromatic rings. The van der Waals surface area contributed by atoms with Gasteiger partial charge in [-0.3, -0.25) is 9.59 Å². The maximum atomic E-state index is 14.6. The number of H-pyrrole nitrogens is 1. The molecule has 2 aromatic carbocycles. The average Bonchev–Trinajstić information content (AvgIpc) is 3.25. The first kappa shape index (κ1) is 26.4. The number of amides is 1. The van der Waals surface area contributed by atoms with E-state index in [1.165, 1.54) is 18.3 Å². The molecule has 4 rings (SSSR count). The molecule has 0 unspecified atom stereocenters. The summed E-state index contributed by atoms with van der Waals surface area (Å²) in [5, 5.41) is 15.6. The lowest BCUT2D eigenvalue weighted by atomic mass is 9.97. The topological polar surface area (TPSA) is 99.5 Å². The summed E-state index contributed by atoms with van der Waals surface area (Å²) >= 11 is 5.84. The number of aromatic nitrogens is 3. The third-order valence-electron chi connectivity index (χ3n) is 5.81. The summed E-state index contributed by atoms with van der Waals surface area (Å²) in [4.78, 5) is 28.9. The van der Waals surface area contributed by atoms with E-state index >= 15 is 0 Å². The minimum Gasteiger partial charge on any atom is -0.390 e. The number of alkyl halides is 2. The highest BCUT2D eigenvalue weighted by Crippen LogP contribution is 2.33. The van der Waals surface area contributed by atoms with E-state index in [1.54, 1.807) is 13.8 Å². The van der Waals surface area contributed by atoms with Crippen molar-refractivity contribution in [3.05, 3.63) is 92.4 Å². The van der Waals surface area contributed by atoms with Gasteiger partial charge < -0.3 is 15.4 Å². The van der Waals surface area contributed by atoms with Crippen molar-refractivity contribution in [2.45, 2.75) is 31.7 Å². The van der Waals surface area contributed by atoms with Crippen molar-refractivity contribution in [2.75, 3.05) is 6.61 Å². The molecule has 1 amide bonds. The molecule has 0 aliphatic carbocycles. The average molecular weight is 537 g/mol. The SMILES string of the molecule is CC(C)c1c(C(=O)N[C@@H](c2ccc(F)cc2)C(F)(F)CO)cn2nc(-c3ccc(F)c(Cl)c3)[nH]c(=O)c12. The molecule has 0 saturated carbocycles. The normalized spacial score (nSPS) is 12.8. The van der Waals surface area contributed by atoms with Gasteiger partial charge in [0.05, 0.1) is 10.6 Å². The molecule has 0 bridgehead atoms. The van der Waals surface area contributed by atoms with Gasteiger partial charge in [0, 0.05) is 17.3 Å². The zero-order valence-corrected chi connectivity index (χ0v) is 20.3. The summed E-state index contributed by atoms with van der Waals surface area (Å²) in [5.74, 6) is -6.43. The number of aliphatic hydroxyl groups excluding tert-OH is 1. The molecular weight excluding hydrogens is 516 g/mol. The predicted octanol–water partition coefficient (Wildman–Crippen LogP) is 4.84. The van der Waals surface area contributed by atoms with Gasteiger partial charge in [-0.25, -0.2) is 22.1 Å². The van der Waals surface area contributed by atoms with Crippen LogP contribution in [0, 0.1) is 11.6 Å². The molecule has 1 atom stereocenters. The fourth-order valence-electron chi connectivity index (χ4n) is 4.04. The third kappa shape index (κ3) is 5.09. The Labute approximate surface area is 212 Å². The number of hydrogen-bond donors (Lipinski definition) is 3. The number of halogens is 5. The van der Waals surface area contributed by atoms with Crippen LogP contribution in [0.1, 0.15) is 47.3 Å². The lowest BCUT2D eigenvalue weighted by Gasteiger charge is -2.27. The summed E-state index contributed by atoms with van der Waals surface area (Å²) in [5.41, 5.74) is -0.276. The van der Waals surface area contributed by atoms with Crippen LogP contribution in [0.25, 0.3) is 16.9 Å². The first-order chi connectivity index (χ1) is 17.4. The quantitative estimate of drug-likeness (QED) is 0.294. The van der Waals surface area contributed by atoms with Gasteiger partial charge in [0.2, 0.25) is 0 Å². The molecule has 0 radical (unpaired) electrons. The number of carbonyl (C=O) groups is 1. The first-order valence-electron chi connectivity index (χ1n) is 11.1. The van der Waals surface area contributed by atoms with Crippen LogP contribution < -0.4 is 10.9 Å². The number of fused-ring (bicyclic) bond motifs is 1. The van der Waals surface area contributed by atoms with Crippen molar-refractivity contribution in [2.24, 2.45) is 0 Å². The van der Waals surface area contributed by atoms with Crippen LogP contribution in [0.4, 0.5) is 17.6 Å². The third-order valence-corrected chi connectivity index (χ3v) is 6.10. The summed E-state index contributed by atoms with van der Waals surface area (Å²) < 4.78 is 57.4. The summed E-state index contributed by atoms with van der Waals surface area (Å²) in [6.07, 6.45) is 1.22. The highest BCUT2D eigenvalue weighted by molar-refractivity contribution is 6.31. The Morgan fingerprint density at radius 1 is 1.19 bits per heavy atom. The van der Waals surface area contributed by atoms with Crippen molar-refractivity contribution in [1.82, 2.24) is 19.9 Å². The molecule has 2 aromatic heterocycles. The highest BCUT2D eigenvalue weighted by Gasteiger charge is 2.41. The van der Waals surface area contributed by atoms with E-state index in [1.807, 2.05) is 0 Å². The number of nitrogens with one attached hydrogen (secondary N) is 2. The molecule has 194 valence electrons. The fraction of sp³-hybridized carbons (Fsp3) is 0.240. The summed E-state index contributed by atoms with van der Waals surface area (Å²) in [6, 6.07) is 5.82. The van der Waals surface area contributed by atoms with E-state index in [9.17, 15) is 32.3 Å². The largest absolute Gasteiger partial charge is 0.390 e. The standard InChI is InChI=1S/C25H21ClF4N4O3/c1-12(2)19-16(23(36)31-21(25(29,30)11-35)13-3-6-15(27)7-4-13)10-34-20(19)24(37)32-22(33-34)14-5-8-18(28)17(26)9-14/h3-10,12,21,35H,11H2,1-2H3,(H,31,36)(H,32,33,37)/t21-/m0/s1. The van der Waals surface area contributed by atoms with Gasteiger partial charge in [-0.05, 0) is 41.8 Å². The van der Waals surface area contributed by atoms with E-state index in [2.05, 4.69) is 15.4 Å². The van der Waals surface area contributed by atoms with Gasteiger partial charge in [0.25, 0.3) is 17.4 Å². The van der Waals surface area contributed by atoms with E-state index < -0.39 is 47.6 Å². The Morgan fingerprint density at radius 3 is 2.46 bits per heavy atom. The van der Waals surface area contributed by atoms with Crippen molar-refractivity contribution in [3.8, 4) is 11.4 Å². The lowest BCUT2D eigenvalue weighted by Crippen LogP contribution is -2.43. The van der Waals surface area contributed by atoms with Crippen molar-refractivity contribution >= 4 is 23.0 Å². The van der Waals surface area contributed by atoms with Crippen LogP contribution in [0.5, 0.6) is 0 Å². The number of rotatable bonds is 7. The molecule has 12 heteroatoms. The van der Waals surface area contributed by atoms with Crippen LogP contribution >= 0.6 is 11.6 Å². The Hall–Kier alpha value is -3.70. The molecule has 0 aliphatic heterocycles. The van der Waals surface area contributed by atoms with Gasteiger partial charge in [-0.2, -0.15) is 0 Å². The smallest absolute Gasteiger partial charge is 0.294 e. The van der Waals surface area contributed by atoms with Gasteiger partial charge in [-0.15, -0.1) is 5.10 Å². The Morgan fingerprint density at radius 2 is 1.86 bits per heavy atom. The molecule has 0 spiro atoms. The minimum absolute atomic E-state index is 0.0179. The number of carbonyl (C=O) groups excluding carboxylic acids is 1. The Kier molecular flexibility index (Phi) is 7.11. The molecule has 3 N–H and O–H groups in total. The molecular formula is C25H21ClF4N4O3. The van der Waals surface area contributed by atoms with Gasteiger partial charge >= 0.3 is 0 Å². The van der Waals surface area contributed by atoms with Crippen LogP contribution in [0.2, 0.25) is 5.02 Å². The van der Waals surface area contributed by atoms with Crippen molar-refractivity contribution in [3.63, 3.8) is 0 Å². The van der Waals surface area contributed by atoms with E-state index in [4.69, 9.17) is 11.6 Å². The second kappa shape index (κ2) is 9.98. The second-order valence-corrected chi connectivity index (χ2v) is 9.12. The van der Waals surface area contributed by atoms with Crippen LogP contribution in [-0.2, 0) is 0 Å². The zero-order chi connectivity index (χ0) is 27.1. The van der Waals surface area contributed by atoms with Gasteiger partial charge in [0.1, 0.15) is 29.8 Å². The fourth-order valence-corrected chi connectivity index (χ4v) is 4.22. The summed E-state index contributed by atoms with van der Waals surface area (Å²) in [6.45, 7) is 1.84. The molecule has 7 nitrogen and oxygen atoms in total. The predicted molar refractivity (Wildman–Crippen MR) is 129 cm³/mol. The van der Waals surface area contributed by atoms with Crippen LogP contribution in [0.15, 0.2) is 53.5 Å². The van der Waals surface area contributed by atoms with E-state index in [0.717, 1.165) is 34.8 Å². The Balaban J connectivity index is 1.81. The van der Waals surface area contributed by atoms with Gasteiger partial charge in [0.15, 0.2) is 5.82 Å². The lowest BCUT2D eigenvalue weighted by molar-refractivity contribution is -0.0785. The Bertz CT molecular complexity index is 1530. The second-order valence-electron chi connectivity index (χ2n) is 8.71. The maximum Gasteiger partial charge on any atom is 0.294 e. The number of nitrogens with zero attached hydrogens (tertiary/aromatic N) is 2. The number of aliphatic hydroxyl groups is 1. The maximum absolute atomic E-state index is 14.6. The van der Waals surface area contributed by atoms with Crippen molar-refractivity contribution in [1.29, 1.82) is 0 Å². The van der Waals surface area contributed by atoms with Gasteiger partial charge in [-0.1, -0.05) is 37.6 Å². The number of aromatic amines is 1. The number of benzene rings is 2. The van der Waals surface area contributed by atoms with E-state index in [0.29, 0.717) is 5.56 Å². The molecule has 0 aliphatic rings. The molecule has 2 heterocycles. The van der Waals surface area contributed by atoms with Crippen LogP contribution in [0.3, 0.4) is 0 Å². The molecule has 0 fully saturated rings. The highest BCUT2D eigenvalue weighted by atomic mass is 35.5. The minimum atomic E-state index is -3.78. The molecule has 0 saturated heterocycles. The van der Waals surface area contributed by atoms with Crippen molar-refractivity contribution < 1.29 is 27.5 Å². The van der Waals surface area contributed by atoms with Crippen LogP contribution in [-0.4, -0.2) is 38.1 Å². The monoisotopic (exact) mass is 536 g/mol. The number of hydrogen-bond acceptors (Lipinski definition) is 4. The first-order valence-corrected chi connectivity index (χ1v) is 11.5. The summed E-state index contributed by atoms with van der Waals surface area (Å²) in [7, 11) is 0. The van der Waals surface area contributed by atoms with E-state index in [-0.39, 0.29) is 33.1 Å². The molecule has 37 heavy (non-hydrogen) atoms.